The molecular formula is C20H24N2O3. The summed E-state index contributed by atoms with van der Waals surface area (Å²) in [5.74, 6) is 0.0290. The molecule has 0 N–H and O–H groups in total. The number of nitrogens with zero attached hydrogens (tertiary/aromatic N) is 2. The number of hydrogen-bond donors (Lipinski definition) is 0. The van der Waals surface area contributed by atoms with Gasteiger partial charge in [0, 0.05) is 19.7 Å². The predicted octanol–water partition coefficient (Wildman–Crippen LogP) is 3.97. The van der Waals surface area contributed by atoms with Crippen molar-refractivity contribution in [3.63, 3.8) is 0 Å². The number of aliphatic imine (C=N–C) groups is 1. The van der Waals surface area contributed by atoms with Gasteiger partial charge in [-0.25, -0.2) is 9.79 Å². The number of methoxy groups -OCH3 is 1. The smallest absolute Gasteiger partial charge is 0.342 e. The van der Waals surface area contributed by atoms with Gasteiger partial charge in [-0.3, -0.25) is 0 Å². The van der Waals surface area contributed by atoms with Crippen molar-refractivity contribution in [2.45, 2.75) is 20.5 Å². The van der Waals surface area contributed by atoms with Crippen LogP contribution in [0.25, 0.3) is 0 Å². The summed E-state index contributed by atoms with van der Waals surface area (Å²) >= 11 is 0. The molecule has 0 aliphatic rings. The van der Waals surface area contributed by atoms with E-state index in [4.69, 9.17) is 9.47 Å². The highest BCUT2D eigenvalue weighted by molar-refractivity contribution is 5.93. The van der Waals surface area contributed by atoms with Crippen molar-refractivity contribution in [3.8, 4) is 5.75 Å². The Morgan fingerprint density at radius 1 is 1.20 bits per heavy atom. The van der Waals surface area contributed by atoms with Gasteiger partial charge in [-0.05, 0) is 31.5 Å². The molecule has 2 rings (SSSR count). The minimum atomic E-state index is -0.418. The Kier molecular flexibility index (Phi) is 6.57. The third-order valence-electron chi connectivity index (χ3n) is 3.80. The summed E-state index contributed by atoms with van der Waals surface area (Å²) < 4.78 is 10.7. The van der Waals surface area contributed by atoms with Gasteiger partial charge >= 0.3 is 5.97 Å². The van der Waals surface area contributed by atoms with Crippen LogP contribution in [0.2, 0.25) is 0 Å². The molecule has 0 fully saturated rings. The quantitative estimate of drug-likeness (QED) is 0.435. The number of hydrogen-bond acceptors (Lipinski definition) is 4. The number of ether oxygens (including phenoxy) is 2. The van der Waals surface area contributed by atoms with Crippen LogP contribution in [0.4, 0.5) is 5.69 Å². The lowest BCUT2D eigenvalue weighted by Crippen LogP contribution is -2.14. The molecule has 0 atom stereocenters. The van der Waals surface area contributed by atoms with E-state index in [9.17, 15) is 4.79 Å². The molecule has 0 unspecified atom stereocenters. The number of esters is 1. The summed E-state index contributed by atoms with van der Waals surface area (Å²) in [7, 11) is 3.47. The fraction of sp³-hybridized carbons (Fsp3) is 0.300. The van der Waals surface area contributed by atoms with E-state index in [0.29, 0.717) is 17.0 Å². The fourth-order valence-corrected chi connectivity index (χ4v) is 2.09. The predicted molar refractivity (Wildman–Crippen MR) is 99.7 cm³/mol. The van der Waals surface area contributed by atoms with Crippen molar-refractivity contribution < 1.29 is 14.3 Å². The highest BCUT2D eigenvalue weighted by Gasteiger charge is 2.14. The normalized spacial score (nSPS) is 10.7. The van der Waals surface area contributed by atoms with Crippen LogP contribution in [0.5, 0.6) is 5.75 Å². The first-order valence-electron chi connectivity index (χ1n) is 8.18. The number of benzene rings is 2. The molecule has 0 aliphatic carbocycles. The minimum Gasteiger partial charge on any atom is -0.496 e. The van der Waals surface area contributed by atoms with E-state index in [2.05, 4.69) is 4.99 Å². The molecule has 2 aromatic carbocycles. The van der Waals surface area contributed by atoms with Crippen LogP contribution in [-0.2, 0) is 11.3 Å². The van der Waals surface area contributed by atoms with Gasteiger partial charge in [0.05, 0.1) is 19.1 Å². The van der Waals surface area contributed by atoms with Crippen molar-refractivity contribution >= 4 is 18.0 Å². The Morgan fingerprint density at radius 3 is 2.56 bits per heavy atom. The highest BCUT2D eigenvalue weighted by atomic mass is 16.5. The molecule has 0 aliphatic heterocycles. The van der Waals surface area contributed by atoms with Crippen molar-refractivity contribution in [1.82, 2.24) is 4.90 Å². The summed E-state index contributed by atoms with van der Waals surface area (Å²) in [5.41, 5.74) is 3.22. The molecule has 0 saturated carbocycles. The minimum absolute atomic E-state index is 0.226. The molecule has 0 aromatic heterocycles. The van der Waals surface area contributed by atoms with Crippen LogP contribution in [0, 0.1) is 6.92 Å². The van der Waals surface area contributed by atoms with Crippen LogP contribution in [0.3, 0.4) is 0 Å². The van der Waals surface area contributed by atoms with Gasteiger partial charge in [0.2, 0.25) is 0 Å². The van der Waals surface area contributed by atoms with Crippen molar-refractivity contribution in [2.75, 3.05) is 20.7 Å². The van der Waals surface area contributed by atoms with Gasteiger partial charge in [-0.15, -0.1) is 0 Å². The second kappa shape index (κ2) is 8.87. The highest BCUT2D eigenvalue weighted by Crippen LogP contribution is 2.26. The third kappa shape index (κ3) is 5.35. The van der Waals surface area contributed by atoms with Crippen LogP contribution in [0.15, 0.2) is 47.5 Å². The van der Waals surface area contributed by atoms with E-state index < -0.39 is 5.97 Å². The second-order valence-corrected chi connectivity index (χ2v) is 5.76. The molecular weight excluding hydrogens is 316 g/mol. The van der Waals surface area contributed by atoms with Crippen LogP contribution >= 0.6 is 0 Å². The Hall–Kier alpha value is -2.82. The van der Waals surface area contributed by atoms with E-state index in [1.807, 2.05) is 50.1 Å². The molecule has 132 valence electrons. The maximum absolute atomic E-state index is 12.3. The van der Waals surface area contributed by atoms with Gasteiger partial charge in [0.15, 0.2) is 0 Å². The van der Waals surface area contributed by atoms with Gasteiger partial charge in [-0.1, -0.05) is 29.8 Å². The average Bonchev–Trinajstić information content (AvgIpc) is 2.65. The summed E-state index contributed by atoms with van der Waals surface area (Å²) in [4.78, 5) is 18.7. The third-order valence-corrected chi connectivity index (χ3v) is 3.80. The van der Waals surface area contributed by atoms with Crippen LogP contribution in [-0.4, -0.2) is 37.9 Å². The fourth-order valence-electron chi connectivity index (χ4n) is 2.09. The topological polar surface area (TPSA) is 51.1 Å². The first-order chi connectivity index (χ1) is 12.0. The van der Waals surface area contributed by atoms with E-state index >= 15 is 0 Å². The number of carbonyl (C=O) groups is 1. The first-order valence-corrected chi connectivity index (χ1v) is 8.18. The SMILES string of the molecule is CCN(C)C=Nc1ccc(C(=O)OCc2ccc(C)cc2)c(OC)c1. The average molecular weight is 340 g/mol. The van der Waals surface area contributed by atoms with Gasteiger partial charge in [-0.2, -0.15) is 0 Å². The van der Waals surface area contributed by atoms with Crippen molar-refractivity contribution in [2.24, 2.45) is 4.99 Å². The number of carbonyl (C=O) groups excluding carboxylic acids is 1. The van der Waals surface area contributed by atoms with Gasteiger partial charge in [0.1, 0.15) is 17.9 Å². The monoisotopic (exact) mass is 340 g/mol. The largest absolute Gasteiger partial charge is 0.496 e. The first kappa shape index (κ1) is 18.5. The zero-order chi connectivity index (χ0) is 18.2. The number of aryl methyl sites for hydroxylation is 1. The summed E-state index contributed by atoms with van der Waals surface area (Å²) in [6.45, 7) is 5.15. The standard InChI is InChI=1S/C20H24N2O3/c1-5-22(3)14-21-17-10-11-18(19(12-17)24-4)20(23)25-13-16-8-6-15(2)7-9-16/h6-12,14H,5,13H2,1-4H3. The van der Waals surface area contributed by atoms with Crippen LogP contribution < -0.4 is 4.74 Å². The molecule has 0 amide bonds. The summed E-state index contributed by atoms with van der Waals surface area (Å²) in [5, 5.41) is 0. The lowest BCUT2D eigenvalue weighted by atomic mass is 10.1. The lowest BCUT2D eigenvalue weighted by Gasteiger charge is -2.11. The Morgan fingerprint density at radius 2 is 1.92 bits per heavy atom. The maximum Gasteiger partial charge on any atom is 0.342 e. The molecule has 0 saturated heterocycles. The Bertz CT molecular complexity index is 739. The maximum atomic E-state index is 12.3. The van der Waals surface area contributed by atoms with E-state index in [1.165, 1.54) is 12.7 Å². The lowest BCUT2D eigenvalue weighted by molar-refractivity contribution is 0.0469. The van der Waals surface area contributed by atoms with E-state index in [0.717, 1.165) is 12.1 Å². The Labute approximate surface area is 148 Å². The molecule has 25 heavy (non-hydrogen) atoms. The molecule has 5 heteroatoms. The molecule has 0 bridgehead atoms. The van der Waals surface area contributed by atoms with E-state index in [-0.39, 0.29) is 6.61 Å². The zero-order valence-corrected chi connectivity index (χ0v) is 15.2. The Balaban J connectivity index is 2.08. The second-order valence-electron chi connectivity index (χ2n) is 5.76. The molecule has 5 nitrogen and oxygen atoms in total. The number of rotatable bonds is 7. The van der Waals surface area contributed by atoms with Crippen molar-refractivity contribution in [1.29, 1.82) is 0 Å². The summed E-state index contributed by atoms with van der Waals surface area (Å²) in [6, 6.07) is 13.0. The molecule has 2 aromatic rings. The molecule has 0 heterocycles. The molecule has 0 radical (unpaired) electrons. The van der Waals surface area contributed by atoms with Gasteiger partial charge < -0.3 is 14.4 Å². The molecule has 0 spiro atoms. The van der Waals surface area contributed by atoms with E-state index in [1.54, 1.807) is 24.5 Å². The van der Waals surface area contributed by atoms with Crippen LogP contribution in [0.1, 0.15) is 28.4 Å². The van der Waals surface area contributed by atoms with Crippen molar-refractivity contribution in [3.05, 3.63) is 59.2 Å². The summed E-state index contributed by atoms with van der Waals surface area (Å²) in [6.07, 6.45) is 1.74. The van der Waals surface area contributed by atoms with Gasteiger partial charge in [0.25, 0.3) is 0 Å². The zero-order valence-electron chi connectivity index (χ0n) is 15.2.